The monoisotopic (exact) mass is 379 g/mol. The second kappa shape index (κ2) is 7.44. The molecule has 3 aromatic heterocycles. The smallest absolute Gasteiger partial charge is 0.219 e. The van der Waals surface area contributed by atoms with Crippen LogP contribution in [-0.4, -0.2) is 32.3 Å². The van der Waals surface area contributed by atoms with Crippen molar-refractivity contribution in [1.82, 2.24) is 19.9 Å². The quantitative estimate of drug-likeness (QED) is 0.752. The van der Waals surface area contributed by atoms with Gasteiger partial charge in [0.25, 0.3) is 0 Å². The highest BCUT2D eigenvalue weighted by atomic mass is 32.1. The van der Waals surface area contributed by atoms with Crippen LogP contribution in [-0.2, 0) is 24.3 Å². The number of aromatic nitrogens is 3. The third kappa shape index (κ3) is 3.83. The molecule has 0 fully saturated rings. The zero-order valence-electron chi connectivity index (χ0n) is 15.4. The number of hydrogen-bond donors (Lipinski definition) is 1. The fraction of sp³-hybridized carbons (Fsp3) is 0.300. The van der Waals surface area contributed by atoms with Crippen LogP contribution in [0.5, 0.6) is 0 Å². The number of fused-ring (bicyclic) bond motifs is 1. The van der Waals surface area contributed by atoms with Crippen LogP contribution >= 0.6 is 11.3 Å². The Balaban J connectivity index is 1.70. The summed E-state index contributed by atoms with van der Waals surface area (Å²) in [6.07, 6.45) is 2.49. The van der Waals surface area contributed by atoms with Crippen LogP contribution in [0.15, 0.2) is 36.5 Å². The Kier molecular flexibility index (Phi) is 4.85. The lowest BCUT2D eigenvalue weighted by molar-refractivity contribution is -0.129. The first-order chi connectivity index (χ1) is 13.1. The summed E-state index contributed by atoms with van der Waals surface area (Å²) in [5.74, 6) is 1.50. The van der Waals surface area contributed by atoms with E-state index in [0.29, 0.717) is 18.9 Å². The van der Waals surface area contributed by atoms with E-state index in [9.17, 15) is 4.79 Å². The zero-order valence-corrected chi connectivity index (χ0v) is 16.2. The fourth-order valence-corrected chi connectivity index (χ4v) is 4.04. The van der Waals surface area contributed by atoms with Gasteiger partial charge in [-0.05, 0) is 37.6 Å². The van der Waals surface area contributed by atoms with E-state index in [1.165, 1.54) is 9.75 Å². The molecule has 0 radical (unpaired) electrons. The molecule has 138 valence electrons. The molecule has 7 heteroatoms. The van der Waals surface area contributed by atoms with E-state index < -0.39 is 0 Å². The Morgan fingerprint density at radius 3 is 2.85 bits per heavy atom. The zero-order chi connectivity index (χ0) is 18.8. The molecular formula is C20H21N5OS. The Bertz CT molecular complexity index is 970. The fourth-order valence-electron chi connectivity index (χ4n) is 3.21. The van der Waals surface area contributed by atoms with Crippen LogP contribution in [0.2, 0.25) is 0 Å². The number of carbonyl (C=O) groups excluding carboxylic acids is 1. The molecule has 1 amide bonds. The summed E-state index contributed by atoms with van der Waals surface area (Å²) in [4.78, 5) is 30.1. The summed E-state index contributed by atoms with van der Waals surface area (Å²) in [5, 5.41) is 3.48. The molecule has 0 aromatic carbocycles. The lowest BCUT2D eigenvalue weighted by Crippen LogP contribution is -2.35. The Morgan fingerprint density at radius 2 is 2.15 bits per heavy atom. The molecule has 0 saturated heterocycles. The van der Waals surface area contributed by atoms with Gasteiger partial charge in [0.1, 0.15) is 11.5 Å². The van der Waals surface area contributed by atoms with E-state index in [1.54, 1.807) is 24.5 Å². The maximum absolute atomic E-state index is 11.8. The molecule has 0 aliphatic carbocycles. The molecule has 0 unspecified atom stereocenters. The van der Waals surface area contributed by atoms with Gasteiger partial charge in [-0.2, -0.15) is 0 Å². The summed E-state index contributed by atoms with van der Waals surface area (Å²) in [5.41, 5.74) is 2.73. The van der Waals surface area contributed by atoms with Crippen molar-refractivity contribution in [2.75, 3.05) is 11.9 Å². The molecule has 4 heterocycles. The van der Waals surface area contributed by atoms with Crippen LogP contribution in [0, 0.1) is 6.92 Å². The van der Waals surface area contributed by atoms with Gasteiger partial charge in [0.15, 0.2) is 5.82 Å². The molecule has 1 aliphatic rings. The molecule has 1 N–H and O–H groups in total. The average molecular weight is 379 g/mol. The Morgan fingerprint density at radius 1 is 1.26 bits per heavy atom. The summed E-state index contributed by atoms with van der Waals surface area (Å²) in [6, 6.07) is 9.96. The van der Waals surface area contributed by atoms with E-state index in [1.807, 2.05) is 23.1 Å². The largest absolute Gasteiger partial charge is 0.365 e. The van der Waals surface area contributed by atoms with Crippen LogP contribution < -0.4 is 5.32 Å². The molecule has 0 spiro atoms. The minimum atomic E-state index is 0.0715. The van der Waals surface area contributed by atoms with Crippen molar-refractivity contribution < 1.29 is 4.79 Å². The van der Waals surface area contributed by atoms with E-state index in [2.05, 4.69) is 29.4 Å². The molecule has 0 atom stereocenters. The van der Waals surface area contributed by atoms with Gasteiger partial charge >= 0.3 is 0 Å². The Labute approximate surface area is 162 Å². The number of rotatable bonds is 4. The van der Waals surface area contributed by atoms with Gasteiger partial charge in [-0.3, -0.25) is 9.78 Å². The lowest BCUT2D eigenvalue weighted by Gasteiger charge is -2.28. The van der Waals surface area contributed by atoms with Gasteiger partial charge in [0.2, 0.25) is 5.91 Å². The summed E-state index contributed by atoms with van der Waals surface area (Å²) in [7, 11) is 0. The van der Waals surface area contributed by atoms with Gasteiger partial charge in [0.05, 0.1) is 18.8 Å². The summed E-state index contributed by atoms with van der Waals surface area (Å²) < 4.78 is 0. The predicted octanol–water partition coefficient (Wildman–Crippen LogP) is 3.43. The standard InChI is InChI=1S/C20H21N5OS/c1-13-6-7-15(27-13)11-22-19-16-8-10-25(14(2)26)12-18(16)23-20(24-19)17-5-3-4-9-21-17/h3-7,9H,8,10-12H2,1-2H3,(H,22,23,24). The maximum Gasteiger partial charge on any atom is 0.219 e. The second-order valence-corrected chi connectivity index (χ2v) is 7.96. The lowest BCUT2D eigenvalue weighted by atomic mass is 10.0. The van der Waals surface area contributed by atoms with Crippen molar-refractivity contribution in [3.63, 3.8) is 0 Å². The number of anilines is 1. The van der Waals surface area contributed by atoms with E-state index in [0.717, 1.165) is 35.7 Å². The highest BCUT2D eigenvalue weighted by Gasteiger charge is 2.24. The van der Waals surface area contributed by atoms with Crippen molar-refractivity contribution in [2.45, 2.75) is 33.4 Å². The van der Waals surface area contributed by atoms with E-state index in [-0.39, 0.29) is 5.91 Å². The minimum absolute atomic E-state index is 0.0715. The SMILES string of the molecule is CC(=O)N1CCc2c(nc(-c3ccccn3)nc2NCc2ccc(C)s2)C1. The first-order valence-electron chi connectivity index (χ1n) is 8.96. The van der Waals surface area contributed by atoms with Crippen LogP contribution in [0.1, 0.15) is 27.9 Å². The van der Waals surface area contributed by atoms with Crippen LogP contribution in [0.25, 0.3) is 11.5 Å². The number of carbonyl (C=O) groups is 1. The molecule has 4 rings (SSSR count). The molecule has 27 heavy (non-hydrogen) atoms. The topological polar surface area (TPSA) is 71.0 Å². The number of hydrogen-bond acceptors (Lipinski definition) is 6. The van der Waals surface area contributed by atoms with Gasteiger partial charge in [-0.1, -0.05) is 6.07 Å². The molecular weight excluding hydrogens is 358 g/mol. The highest BCUT2D eigenvalue weighted by molar-refractivity contribution is 7.11. The second-order valence-electron chi connectivity index (χ2n) is 6.59. The molecule has 0 bridgehead atoms. The van der Waals surface area contributed by atoms with Gasteiger partial charge in [0, 0.05) is 35.0 Å². The van der Waals surface area contributed by atoms with E-state index in [4.69, 9.17) is 9.97 Å². The third-order valence-corrected chi connectivity index (χ3v) is 5.63. The van der Waals surface area contributed by atoms with Crippen molar-refractivity contribution in [3.8, 4) is 11.5 Å². The van der Waals surface area contributed by atoms with Gasteiger partial charge in [-0.25, -0.2) is 9.97 Å². The van der Waals surface area contributed by atoms with Gasteiger partial charge < -0.3 is 10.2 Å². The number of amides is 1. The number of aryl methyl sites for hydroxylation is 1. The average Bonchev–Trinajstić information content (AvgIpc) is 3.11. The molecule has 0 saturated carbocycles. The predicted molar refractivity (Wildman–Crippen MR) is 106 cm³/mol. The minimum Gasteiger partial charge on any atom is -0.365 e. The van der Waals surface area contributed by atoms with Crippen LogP contribution in [0.3, 0.4) is 0 Å². The summed E-state index contributed by atoms with van der Waals surface area (Å²) >= 11 is 1.78. The van der Waals surface area contributed by atoms with Crippen molar-refractivity contribution in [2.24, 2.45) is 0 Å². The van der Waals surface area contributed by atoms with Crippen molar-refractivity contribution >= 4 is 23.1 Å². The number of nitrogens with one attached hydrogen (secondary N) is 1. The van der Waals surface area contributed by atoms with E-state index >= 15 is 0 Å². The number of pyridine rings is 1. The third-order valence-electron chi connectivity index (χ3n) is 4.63. The first-order valence-corrected chi connectivity index (χ1v) is 9.77. The molecule has 3 aromatic rings. The van der Waals surface area contributed by atoms with Gasteiger partial charge in [-0.15, -0.1) is 11.3 Å². The number of nitrogens with zero attached hydrogens (tertiary/aromatic N) is 4. The Hall–Kier alpha value is -2.80. The number of thiophene rings is 1. The van der Waals surface area contributed by atoms with Crippen LogP contribution in [0.4, 0.5) is 5.82 Å². The molecule has 6 nitrogen and oxygen atoms in total. The van der Waals surface area contributed by atoms with Crippen molar-refractivity contribution in [3.05, 3.63) is 57.5 Å². The first kappa shape index (κ1) is 17.6. The normalized spacial score (nSPS) is 13.3. The highest BCUT2D eigenvalue weighted by Crippen LogP contribution is 2.27. The summed E-state index contributed by atoms with van der Waals surface area (Å²) in [6.45, 7) is 5.64. The van der Waals surface area contributed by atoms with Crippen molar-refractivity contribution in [1.29, 1.82) is 0 Å². The maximum atomic E-state index is 11.8. The molecule has 1 aliphatic heterocycles.